The highest BCUT2D eigenvalue weighted by molar-refractivity contribution is 7.99. The van der Waals surface area contributed by atoms with Gasteiger partial charge in [0.25, 0.3) is 0 Å². The van der Waals surface area contributed by atoms with Crippen LogP contribution in [0.15, 0.2) is 0 Å². The summed E-state index contributed by atoms with van der Waals surface area (Å²) in [6.45, 7) is 6.90. The highest BCUT2D eigenvalue weighted by Gasteiger charge is 2.31. The molecule has 11 heavy (non-hydrogen) atoms. The van der Waals surface area contributed by atoms with Crippen molar-refractivity contribution in [3.05, 3.63) is 0 Å². The van der Waals surface area contributed by atoms with E-state index < -0.39 is 0 Å². The number of nitrogens with two attached hydrogens (primary N) is 1. The van der Waals surface area contributed by atoms with E-state index in [1.54, 1.807) is 0 Å². The standard InChI is InChI=1S/C9H19NS/c1-9(2,3)7-4-5-11-6-8(7)10/h7-8H,4-6,10H2,1-3H3. The molecule has 2 heteroatoms. The lowest BCUT2D eigenvalue weighted by atomic mass is 9.75. The molecule has 2 N–H and O–H groups in total. The van der Waals surface area contributed by atoms with Crippen molar-refractivity contribution in [2.45, 2.75) is 33.2 Å². The fourth-order valence-corrected chi connectivity index (χ4v) is 2.93. The molecule has 0 spiro atoms. The molecule has 0 aromatic carbocycles. The van der Waals surface area contributed by atoms with E-state index in [0.717, 1.165) is 11.7 Å². The predicted molar refractivity (Wildman–Crippen MR) is 52.9 cm³/mol. The minimum absolute atomic E-state index is 0.403. The maximum atomic E-state index is 6.04. The highest BCUT2D eigenvalue weighted by atomic mass is 32.2. The molecule has 0 radical (unpaired) electrons. The minimum Gasteiger partial charge on any atom is -0.327 e. The van der Waals surface area contributed by atoms with Gasteiger partial charge in [-0.15, -0.1) is 0 Å². The molecule has 2 unspecified atom stereocenters. The van der Waals surface area contributed by atoms with E-state index in [0.29, 0.717) is 11.5 Å². The Hall–Kier alpha value is 0.310. The van der Waals surface area contributed by atoms with Crippen molar-refractivity contribution in [1.29, 1.82) is 0 Å². The molecule has 1 nitrogen and oxygen atoms in total. The van der Waals surface area contributed by atoms with Crippen molar-refractivity contribution in [1.82, 2.24) is 0 Å². The maximum Gasteiger partial charge on any atom is 0.0164 e. The van der Waals surface area contributed by atoms with Gasteiger partial charge in [0.1, 0.15) is 0 Å². The Balaban J connectivity index is 2.55. The number of hydrogen-bond acceptors (Lipinski definition) is 2. The lowest BCUT2D eigenvalue weighted by Crippen LogP contribution is -2.42. The van der Waals surface area contributed by atoms with Crippen LogP contribution in [-0.2, 0) is 0 Å². The molecule has 0 aliphatic carbocycles. The largest absolute Gasteiger partial charge is 0.327 e. The van der Waals surface area contributed by atoms with Gasteiger partial charge in [0.2, 0.25) is 0 Å². The van der Waals surface area contributed by atoms with E-state index in [4.69, 9.17) is 5.73 Å². The first kappa shape index (κ1) is 9.40. The predicted octanol–water partition coefficient (Wildman–Crippen LogP) is 2.11. The van der Waals surface area contributed by atoms with Gasteiger partial charge in [-0.1, -0.05) is 20.8 Å². The molecule has 1 rings (SSSR count). The molecule has 1 aliphatic heterocycles. The smallest absolute Gasteiger partial charge is 0.0164 e. The fraction of sp³-hybridized carbons (Fsp3) is 1.00. The van der Waals surface area contributed by atoms with Crippen LogP contribution in [0, 0.1) is 11.3 Å². The van der Waals surface area contributed by atoms with E-state index in [1.807, 2.05) is 11.8 Å². The quantitative estimate of drug-likeness (QED) is 0.607. The molecule has 1 saturated heterocycles. The first-order chi connectivity index (χ1) is 5.02. The van der Waals surface area contributed by atoms with E-state index >= 15 is 0 Å². The van der Waals surface area contributed by atoms with Crippen LogP contribution in [-0.4, -0.2) is 17.5 Å². The van der Waals surface area contributed by atoms with Crippen LogP contribution in [0.5, 0.6) is 0 Å². The molecule has 66 valence electrons. The Morgan fingerprint density at radius 1 is 1.36 bits per heavy atom. The van der Waals surface area contributed by atoms with Gasteiger partial charge in [-0.2, -0.15) is 11.8 Å². The summed E-state index contributed by atoms with van der Waals surface area (Å²) >= 11 is 2.00. The average Bonchev–Trinajstić information content (AvgIpc) is 1.86. The van der Waals surface area contributed by atoms with Crippen LogP contribution < -0.4 is 5.73 Å². The monoisotopic (exact) mass is 173 g/mol. The van der Waals surface area contributed by atoms with E-state index in [-0.39, 0.29) is 0 Å². The summed E-state index contributed by atoms with van der Waals surface area (Å²) in [6, 6.07) is 0.425. The van der Waals surface area contributed by atoms with E-state index in [2.05, 4.69) is 20.8 Å². The normalized spacial score (nSPS) is 33.8. The molecule has 0 aromatic heterocycles. The summed E-state index contributed by atoms with van der Waals surface area (Å²) in [5.74, 6) is 3.18. The first-order valence-corrected chi connectivity index (χ1v) is 5.50. The average molecular weight is 173 g/mol. The summed E-state index contributed by atoms with van der Waals surface area (Å²) < 4.78 is 0. The zero-order valence-corrected chi connectivity index (χ0v) is 8.58. The zero-order valence-electron chi connectivity index (χ0n) is 7.76. The SMILES string of the molecule is CC(C)(C)C1CCSCC1N. The second-order valence-corrected chi connectivity index (χ2v) is 5.65. The van der Waals surface area contributed by atoms with Crippen molar-refractivity contribution < 1.29 is 0 Å². The lowest BCUT2D eigenvalue weighted by molar-refractivity contribution is 0.202. The van der Waals surface area contributed by atoms with Crippen molar-refractivity contribution >= 4 is 11.8 Å². The molecule has 1 fully saturated rings. The summed E-state index contributed by atoms with van der Waals surface area (Å²) in [6.07, 6.45) is 1.30. The first-order valence-electron chi connectivity index (χ1n) is 4.35. The van der Waals surface area contributed by atoms with Crippen LogP contribution in [0.2, 0.25) is 0 Å². The van der Waals surface area contributed by atoms with Crippen molar-refractivity contribution in [3.8, 4) is 0 Å². The minimum atomic E-state index is 0.403. The molecule has 1 aliphatic rings. The van der Waals surface area contributed by atoms with Crippen LogP contribution in [0.3, 0.4) is 0 Å². The molecule has 0 bridgehead atoms. The Morgan fingerprint density at radius 3 is 2.36 bits per heavy atom. The number of hydrogen-bond donors (Lipinski definition) is 1. The Labute approximate surface area is 74.1 Å². The van der Waals surface area contributed by atoms with Gasteiger partial charge >= 0.3 is 0 Å². The second-order valence-electron chi connectivity index (χ2n) is 4.50. The van der Waals surface area contributed by atoms with Gasteiger partial charge in [-0.05, 0) is 23.5 Å². The van der Waals surface area contributed by atoms with Crippen LogP contribution in [0.4, 0.5) is 0 Å². The van der Waals surface area contributed by atoms with Crippen LogP contribution in [0.25, 0.3) is 0 Å². The van der Waals surface area contributed by atoms with Crippen molar-refractivity contribution in [2.24, 2.45) is 17.1 Å². The van der Waals surface area contributed by atoms with Gasteiger partial charge < -0.3 is 5.73 Å². The third-order valence-electron chi connectivity index (χ3n) is 2.51. The Bertz CT molecular complexity index is 128. The topological polar surface area (TPSA) is 26.0 Å². The van der Waals surface area contributed by atoms with Gasteiger partial charge in [0.05, 0.1) is 0 Å². The molecular weight excluding hydrogens is 154 g/mol. The summed E-state index contributed by atoms with van der Waals surface area (Å²) in [5.41, 5.74) is 6.45. The van der Waals surface area contributed by atoms with Crippen LogP contribution in [0.1, 0.15) is 27.2 Å². The molecule has 0 saturated carbocycles. The van der Waals surface area contributed by atoms with Gasteiger partial charge in [-0.25, -0.2) is 0 Å². The van der Waals surface area contributed by atoms with E-state index in [9.17, 15) is 0 Å². The molecule has 0 aromatic rings. The number of rotatable bonds is 0. The molecule has 2 atom stereocenters. The zero-order chi connectivity index (χ0) is 8.48. The number of thioether (sulfide) groups is 1. The summed E-state index contributed by atoms with van der Waals surface area (Å²) in [4.78, 5) is 0. The molecule has 0 amide bonds. The highest BCUT2D eigenvalue weighted by Crippen LogP contribution is 2.35. The van der Waals surface area contributed by atoms with Gasteiger partial charge in [0, 0.05) is 11.8 Å². The van der Waals surface area contributed by atoms with E-state index in [1.165, 1.54) is 12.2 Å². The Kier molecular flexibility index (Phi) is 2.87. The van der Waals surface area contributed by atoms with Gasteiger partial charge in [0.15, 0.2) is 0 Å². The van der Waals surface area contributed by atoms with Gasteiger partial charge in [-0.3, -0.25) is 0 Å². The fourth-order valence-electron chi connectivity index (χ4n) is 1.84. The van der Waals surface area contributed by atoms with Crippen molar-refractivity contribution in [2.75, 3.05) is 11.5 Å². The second kappa shape index (κ2) is 3.36. The summed E-state index contributed by atoms with van der Waals surface area (Å²) in [5, 5.41) is 0. The summed E-state index contributed by atoms with van der Waals surface area (Å²) in [7, 11) is 0. The Morgan fingerprint density at radius 2 is 2.00 bits per heavy atom. The van der Waals surface area contributed by atoms with Crippen LogP contribution >= 0.6 is 11.8 Å². The molecule has 1 heterocycles. The third kappa shape index (κ3) is 2.38. The van der Waals surface area contributed by atoms with Crippen molar-refractivity contribution in [3.63, 3.8) is 0 Å². The third-order valence-corrected chi connectivity index (χ3v) is 3.66. The maximum absolute atomic E-state index is 6.04. The molecular formula is C9H19NS. The lowest BCUT2D eigenvalue weighted by Gasteiger charge is -2.38.